The molecule has 2 aromatic carbocycles. The second-order valence-corrected chi connectivity index (χ2v) is 5.43. The molecule has 0 radical (unpaired) electrons. The van der Waals surface area contributed by atoms with Crippen molar-refractivity contribution in [3.05, 3.63) is 69.8 Å². The van der Waals surface area contributed by atoms with Gasteiger partial charge in [0.1, 0.15) is 0 Å². The summed E-state index contributed by atoms with van der Waals surface area (Å²) < 4.78 is 0. The second-order valence-electron chi connectivity index (χ2n) is 4.62. The highest BCUT2D eigenvalue weighted by Crippen LogP contribution is 2.22. The Morgan fingerprint density at radius 3 is 2.77 bits per heavy atom. The van der Waals surface area contributed by atoms with Crippen LogP contribution in [0.3, 0.4) is 0 Å². The number of para-hydroxylation sites is 1. The first kappa shape index (κ1) is 14.6. The molecular formula is C16H11Cl2N3O. The zero-order valence-corrected chi connectivity index (χ0v) is 12.8. The first-order chi connectivity index (χ1) is 10.6. The van der Waals surface area contributed by atoms with Gasteiger partial charge in [-0.2, -0.15) is 5.10 Å². The molecule has 0 aliphatic heterocycles. The number of hydrogen-bond acceptors (Lipinski definition) is 2. The van der Waals surface area contributed by atoms with Gasteiger partial charge in [-0.05, 0) is 24.3 Å². The van der Waals surface area contributed by atoms with Crippen molar-refractivity contribution >= 4 is 46.2 Å². The van der Waals surface area contributed by atoms with Crippen molar-refractivity contribution in [3.8, 4) is 0 Å². The number of benzene rings is 2. The lowest BCUT2D eigenvalue weighted by Crippen LogP contribution is -2.17. The van der Waals surface area contributed by atoms with Crippen molar-refractivity contribution in [2.24, 2.45) is 5.10 Å². The van der Waals surface area contributed by atoms with Crippen LogP contribution in [0, 0.1) is 0 Å². The lowest BCUT2D eigenvalue weighted by Gasteiger charge is -2.01. The fraction of sp³-hybridized carbons (Fsp3) is 0. The number of halogens is 2. The van der Waals surface area contributed by atoms with Gasteiger partial charge in [-0.15, -0.1) is 0 Å². The van der Waals surface area contributed by atoms with Gasteiger partial charge in [-0.25, -0.2) is 5.43 Å². The maximum absolute atomic E-state index is 12.0. The summed E-state index contributed by atoms with van der Waals surface area (Å²) >= 11 is 11.7. The Kier molecular flexibility index (Phi) is 4.13. The number of rotatable bonds is 3. The molecule has 0 atom stereocenters. The highest BCUT2D eigenvalue weighted by atomic mass is 35.5. The normalized spacial score (nSPS) is 11.2. The van der Waals surface area contributed by atoms with Crippen molar-refractivity contribution in [2.75, 3.05) is 0 Å². The topological polar surface area (TPSA) is 57.2 Å². The molecule has 0 unspecified atom stereocenters. The van der Waals surface area contributed by atoms with Gasteiger partial charge in [0.2, 0.25) is 0 Å². The van der Waals surface area contributed by atoms with Crippen LogP contribution in [-0.4, -0.2) is 17.1 Å². The van der Waals surface area contributed by atoms with E-state index in [0.29, 0.717) is 15.6 Å². The summed E-state index contributed by atoms with van der Waals surface area (Å²) in [7, 11) is 0. The number of carbonyl (C=O) groups excluding carboxylic acids is 1. The van der Waals surface area contributed by atoms with Crippen LogP contribution in [0.5, 0.6) is 0 Å². The van der Waals surface area contributed by atoms with Gasteiger partial charge < -0.3 is 4.98 Å². The van der Waals surface area contributed by atoms with Crippen LogP contribution in [-0.2, 0) is 0 Å². The molecule has 0 saturated heterocycles. The van der Waals surface area contributed by atoms with E-state index in [1.165, 1.54) is 6.07 Å². The quantitative estimate of drug-likeness (QED) is 0.547. The predicted molar refractivity (Wildman–Crippen MR) is 89.8 cm³/mol. The number of hydrogen-bond donors (Lipinski definition) is 2. The molecule has 1 aromatic heterocycles. The molecule has 2 N–H and O–H groups in total. The Labute approximate surface area is 136 Å². The largest absolute Gasteiger partial charge is 0.361 e. The number of aromatic nitrogens is 1. The Morgan fingerprint density at radius 2 is 1.95 bits per heavy atom. The van der Waals surface area contributed by atoms with Crippen LogP contribution in [0.25, 0.3) is 10.9 Å². The zero-order chi connectivity index (χ0) is 15.5. The highest BCUT2D eigenvalue weighted by molar-refractivity contribution is 6.42. The van der Waals surface area contributed by atoms with Crippen molar-refractivity contribution < 1.29 is 4.79 Å². The average Bonchev–Trinajstić information content (AvgIpc) is 2.93. The standard InChI is InChI=1S/C16H11Cl2N3O/c17-13-6-5-10(7-14(13)18)16(22)21-20-9-11-8-19-15-4-2-1-3-12(11)15/h1-9,19H,(H,21,22)/b20-9+. The average molecular weight is 332 g/mol. The number of nitrogens with one attached hydrogen (secondary N) is 2. The van der Waals surface area contributed by atoms with E-state index in [9.17, 15) is 4.79 Å². The number of amides is 1. The minimum absolute atomic E-state index is 0.329. The molecule has 22 heavy (non-hydrogen) atoms. The summed E-state index contributed by atoms with van der Waals surface area (Å²) in [6.45, 7) is 0. The van der Waals surface area contributed by atoms with Crippen LogP contribution in [0.4, 0.5) is 0 Å². The monoisotopic (exact) mass is 331 g/mol. The Bertz CT molecular complexity index is 871. The van der Waals surface area contributed by atoms with Crippen LogP contribution >= 0.6 is 23.2 Å². The number of hydrazone groups is 1. The minimum Gasteiger partial charge on any atom is -0.361 e. The molecule has 3 rings (SSSR count). The van der Waals surface area contributed by atoms with E-state index in [1.54, 1.807) is 18.3 Å². The summed E-state index contributed by atoms with van der Waals surface area (Å²) in [5.41, 5.74) is 4.76. The Morgan fingerprint density at radius 1 is 1.14 bits per heavy atom. The Hall–Kier alpha value is -2.30. The van der Waals surface area contributed by atoms with E-state index < -0.39 is 0 Å². The SMILES string of the molecule is O=C(N/N=C/c1c[nH]c2ccccc12)c1ccc(Cl)c(Cl)c1. The van der Waals surface area contributed by atoms with Gasteiger partial charge in [0.05, 0.1) is 16.3 Å². The summed E-state index contributed by atoms with van der Waals surface area (Å²) in [5.74, 6) is -0.352. The summed E-state index contributed by atoms with van der Waals surface area (Å²) in [5, 5.41) is 5.74. The van der Waals surface area contributed by atoms with Crippen molar-refractivity contribution in [2.45, 2.75) is 0 Å². The molecule has 0 fully saturated rings. The number of aromatic amines is 1. The third-order valence-electron chi connectivity index (χ3n) is 3.17. The Balaban J connectivity index is 1.74. The van der Waals surface area contributed by atoms with Gasteiger partial charge in [0.15, 0.2) is 0 Å². The summed E-state index contributed by atoms with van der Waals surface area (Å²) in [6.07, 6.45) is 3.42. The van der Waals surface area contributed by atoms with Gasteiger partial charge >= 0.3 is 0 Å². The van der Waals surface area contributed by atoms with Crippen LogP contribution in [0.1, 0.15) is 15.9 Å². The van der Waals surface area contributed by atoms with Crippen LogP contribution in [0.15, 0.2) is 53.8 Å². The molecule has 3 aromatic rings. The van der Waals surface area contributed by atoms with E-state index in [0.717, 1.165) is 16.5 Å². The van der Waals surface area contributed by atoms with Gasteiger partial charge in [-0.3, -0.25) is 4.79 Å². The number of nitrogens with zero attached hydrogens (tertiary/aromatic N) is 1. The minimum atomic E-state index is -0.352. The van der Waals surface area contributed by atoms with Gasteiger partial charge in [-0.1, -0.05) is 41.4 Å². The molecule has 4 nitrogen and oxygen atoms in total. The first-order valence-electron chi connectivity index (χ1n) is 6.50. The fourth-order valence-electron chi connectivity index (χ4n) is 2.06. The van der Waals surface area contributed by atoms with Crippen molar-refractivity contribution in [1.29, 1.82) is 0 Å². The van der Waals surface area contributed by atoms with Crippen molar-refractivity contribution in [3.63, 3.8) is 0 Å². The number of fused-ring (bicyclic) bond motifs is 1. The molecule has 0 aliphatic rings. The lowest BCUT2D eigenvalue weighted by atomic mass is 10.2. The van der Waals surface area contributed by atoms with Gasteiger partial charge in [0.25, 0.3) is 5.91 Å². The molecule has 0 bridgehead atoms. The van der Waals surface area contributed by atoms with Crippen LogP contribution in [0.2, 0.25) is 10.0 Å². The van der Waals surface area contributed by atoms with Gasteiger partial charge in [0, 0.05) is 28.2 Å². The molecular weight excluding hydrogens is 321 g/mol. The second kappa shape index (κ2) is 6.22. The molecule has 110 valence electrons. The van der Waals surface area contributed by atoms with Crippen molar-refractivity contribution in [1.82, 2.24) is 10.4 Å². The summed E-state index contributed by atoms with van der Waals surface area (Å²) in [4.78, 5) is 15.1. The number of H-pyrrole nitrogens is 1. The smallest absolute Gasteiger partial charge is 0.271 e. The van der Waals surface area contributed by atoms with E-state index in [1.807, 2.05) is 30.5 Å². The first-order valence-corrected chi connectivity index (χ1v) is 7.25. The lowest BCUT2D eigenvalue weighted by molar-refractivity contribution is 0.0955. The van der Waals surface area contributed by atoms with E-state index in [2.05, 4.69) is 15.5 Å². The number of carbonyl (C=O) groups is 1. The predicted octanol–water partition coefficient (Wildman–Crippen LogP) is 4.24. The zero-order valence-electron chi connectivity index (χ0n) is 11.3. The van der Waals surface area contributed by atoms with E-state index in [-0.39, 0.29) is 5.91 Å². The van der Waals surface area contributed by atoms with E-state index in [4.69, 9.17) is 23.2 Å². The maximum atomic E-state index is 12.0. The third-order valence-corrected chi connectivity index (χ3v) is 3.91. The molecule has 0 saturated carbocycles. The molecule has 6 heteroatoms. The molecule has 1 amide bonds. The highest BCUT2D eigenvalue weighted by Gasteiger charge is 2.07. The van der Waals surface area contributed by atoms with Crippen LogP contribution < -0.4 is 5.43 Å². The molecule has 0 spiro atoms. The maximum Gasteiger partial charge on any atom is 0.271 e. The molecule has 0 aliphatic carbocycles. The van der Waals surface area contributed by atoms with E-state index >= 15 is 0 Å². The fourth-order valence-corrected chi connectivity index (χ4v) is 2.36. The molecule has 1 heterocycles. The summed E-state index contributed by atoms with van der Waals surface area (Å²) in [6, 6.07) is 12.5. The third kappa shape index (κ3) is 2.98.